The van der Waals surface area contributed by atoms with Crippen molar-refractivity contribution in [2.45, 2.75) is 0 Å². The molecule has 1 aromatic heterocycles. The van der Waals surface area contributed by atoms with E-state index >= 15 is 0 Å². The number of oxime groups is 1. The number of carbonyl (C=O) groups is 2. The van der Waals surface area contributed by atoms with E-state index in [4.69, 9.17) is 10.3 Å². The Balaban J connectivity index is 2.95. The van der Waals surface area contributed by atoms with Crippen LogP contribution in [0.1, 0.15) is 5.82 Å². The standard InChI is InChI=1S/C5H4N4O4S/c10-1-6-5-7-3(9-14-5)2(8-13)4(11)12/h1,13H,(H,11,12)(H,6,7,9,10)/b8-2+. The lowest BCUT2D eigenvalue weighted by Crippen LogP contribution is -2.16. The van der Waals surface area contributed by atoms with E-state index in [0.717, 1.165) is 11.5 Å². The number of hydrogen-bond acceptors (Lipinski definition) is 7. The van der Waals surface area contributed by atoms with Gasteiger partial charge in [-0.1, -0.05) is 5.16 Å². The maximum absolute atomic E-state index is 10.4. The normalized spacial score (nSPS) is 11.0. The molecular weight excluding hydrogens is 212 g/mol. The van der Waals surface area contributed by atoms with Gasteiger partial charge >= 0.3 is 5.97 Å². The first-order valence-electron chi connectivity index (χ1n) is 3.18. The fraction of sp³-hybridized carbons (Fsp3) is 0. The van der Waals surface area contributed by atoms with Gasteiger partial charge in [-0.3, -0.25) is 4.79 Å². The molecule has 0 saturated carbocycles. The van der Waals surface area contributed by atoms with Crippen molar-refractivity contribution in [1.29, 1.82) is 0 Å². The van der Waals surface area contributed by atoms with E-state index in [-0.39, 0.29) is 11.0 Å². The van der Waals surface area contributed by atoms with Crippen LogP contribution in [0.5, 0.6) is 0 Å². The highest BCUT2D eigenvalue weighted by atomic mass is 32.1. The Labute approximate surface area is 81.1 Å². The first kappa shape index (κ1) is 10.1. The number of rotatable bonds is 4. The van der Waals surface area contributed by atoms with Crippen molar-refractivity contribution in [3.05, 3.63) is 5.82 Å². The van der Waals surface area contributed by atoms with Crippen LogP contribution in [0.25, 0.3) is 0 Å². The predicted molar refractivity (Wildman–Crippen MR) is 45.6 cm³/mol. The number of carboxylic acids is 1. The highest BCUT2D eigenvalue weighted by Gasteiger charge is 2.18. The van der Waals surface area contributed by atoms with Crippen LogP contribution in [0.2, 0.25) is 0 Å². The van der Waals surface area contributed by atoms with Gasteiger partial charge in [-0.05, 0) is 0 Å². The van der Waals surface area contributed by atoms with E-state index in [9.17, 15) is 9.59 Å². The van der Waals surface area contributed by atoms with Crippen molar-refractivity contribution < 1.29 is 19.9 Å². The Hall–Kier alpha value is -2.03. The second kappa shape index (κ2) is 4.28. The number of anilines is 1. The molecule has 0 bridgehead atoms. The number of nitrogens with one attached hydrogen (secondary N) is 1. The van der Waals surface area contributed by atoms with Crippen molar-refractivity contribution in [1.82, 2.24) is 9.36 Å². The van der Waals surface area contributed by atoms with Crippen LogP contribution in [0, 0.1) is 0 Å². The summed E-state index contributed by atoms with van der Waals surface area (Å²) in [5.41, 5.74) is -0.680. The second-order valence-corrected chi connectivity index (χ2v) is 2.69. The zero-order valence-corrected chi connectivity index (χ0v) is 7.35. The molecule has 1 heterocycles. The van der Waals surface area contributed by atoms with Crippen LogP contribution in [0.15, 0.2) is 5.16 Å². The topological polar surface area (TPSA) is 125 Å². The largest absolute Gasteiger partial charge is 0.476 e. The van der Waals surface area contributed by atoms with Gasteiger partial charge in [0.15, 0.2) is 0 Å². The summed E-state index contributed by atoms with van der Waals surface area (Å²) in [6.07, 6.45) is 0.376. The smallest absolute Gasteiger partial charge is 0.361 e. The van der Waals surface area contributed by atoms with Crippen molar-refractivity contribution >= 4 is 34.8 Å². The number of hydrogen-bond donors (Lipinski definition) is 3. The van der Waals surface area contributed by atoms with Gasteiger partial charge in [0.05, 0.1) is 0 Å². The lowest BCUT2D eigenvalue weighted by molar-refractivity contribution is -0.129. The molecule has 0 aliphatic rings. The molecule has 0 aliphatic heterocycles. The second-order valence-electron chi connectivity index (χ2n) is 1.94. The lowest BCUT2D eigenvalue weighted by atomic mass is 10.4. The van der Waals surface area contributed by atoms with E-state index in [1.165, 1.54) is 0 Å². The van der Waals surface area contributed by atoms with Gasteiger partial charge in [-0.25, -0.2) is 4.79 Å². The summed E-state index contributed by atoms with van der Waals surface area (Å²) in [5.74, 6) is -1.71. The Morgan fingerprint density at radius 1 is 1.64 bits per heavy atom. The minimum absolute atomic E-state index is 0.123. The van der Waals surface area contributed by atoms with Crippen LogP contribution in [-0.2, 0) is 9.59 Å². The average molecular weight is 216 g/mol. The summed E-state index contributed by atoms with van der Waals surface area (Å²) in [4.78, 5) is 24.0. The molecule has 0 aromatic carbocycles. The van der Waals surface area contributed by atoms with Gasteiger partial charge in [0.2, 0.25) is 23.1 Å². The molecule has 14 heavy (non-hydrogen) atoms. The molecule has 0 spiro atoms. The fourth-order valence-electron chi connectivity index (χ4n) is 0.612. The Kier molecular flexibility index (Phi) is 3.07. The van der Waals surface area contributed by atoms with Gasteiger partial charge in [0.25, 0.3) is 0 Å². The van der Waals surface area contributed by atoms with Gasteiger partial charge < -0.3 is 15.6 Å². The summed E-state index contributed by atoms with van der Waals surface area (Å²) in [6.45, 7) is 0. The summed E-state index contributed by atoms with van der Waals surface area (Å²) in [6, 6.07) is 0. The molecule has 0 radical (unpaired) electrons. The third kappa shape index (κ3) is 2.01. The number of nitrogens with zero attached hydrogens (tertiary/aromatic N) is 3. The molecule has 3 N–H and O–H groups in total. The Morgan fingerprint density at radius 3 is 2.86 bits per heavy atom. The summed E-state index contributed by atoms with van der Waals surface area (Å²) in [7, 11) is 0. The highest BCUT2D eigenvalue weighted by molar-refractivity contribution is 7.10. The van der Waals surface area contributed by atoms with Gasteiger partial charge in [-0.2, -0.15) is 9.36 Å². The third-order valence-electron chi connectivity index (χ3n) is 1.12. The summed E-state index contributed by atoms with van der Waals surface area (Å²) >= 11 is 0.776. The molecule has 0 unspecified atom stereocenters. The molecule has 1 rings (SSSR count). The first-order valence-corrected chi connectivity index (χ1v) is 3.96. The van der Waals surface area contributed by atoms with Gasteiger partial charge in [0.1, 0.15) is 0 Å². The van der Waals surface area contributed by atoms with E-state index < -0.39 is 11.7 Å². The molecule has 9 heteroatoms. The van der Waals surface area contributed by atoms with Gasteiger partial charge in [-0.15, -0.1) is 0 Å². The van der Waals surface area contributed by atoms with Crippen LogP contribution in [0.4, 0.5) is 5.13 Å². The molecule has 1 amide bonds. The maximum atomic E-state index is 10.4. The molecule has 0 aliphatic carbocycles. The zero-order valence-electron chi connectivity index (χ0n) is 6.54. The van der Waals surface area contributed by atoms with E-state index in [1.807, 2.05) is 0 Å². The molecule has 0 atom stereocenters. The molecule has 74 valence electrons. The van der Waals surface area contributed by atoms with Crippen molar-refractivity contribution in [2.75, 3.05) is 5.32 Å². The zero-order chi connectivity index (χ0) is 10.6. The Morgan fingerprint density at radius 2 is 2.36 bits per heavy atom. The SMILES string of the molecule is O=CNc1nc(/C(=N\O)C(=O)O)ns1. The average Bonchev–Trinajstić information content (AvgIpc) is 2.54. The van der Waals surface area contributed by atoms with Crippen LogP contribution in [-0.4, -0.2) is 37.8 Å². The third-order valence-corrected chi connectivity index (χ3v) is 1.77. The fourth-order valence-corrected chi connectivity index (χ4v) is 1.14. The minimum atomic E-state index is -1.46. The monoisotopic (exact) mass is 216 g/mol. The van der Waals surface area contributed by atoms with Gasteiger partial charge in [0, 0.05) is 11.5 Å². The molecule has 1 aromatic rings. The molecule has 8 nitrogen and oxygen atoms in total. The van der Waals surface area contributed by atoms with E-state index in [2.05, 4.69) is 19.8 Å². The number of carbonyl (C=O) groups excluding carboxylic acids is 1. The minimum Gasteiger partial charge on any atom is -0.476 e. The van der Waals surface area contributed by atoms with Crippen molar-refractivity contribution in [3.63, 3.8) is 0 Å². The maximum Gasteiger partial charge on any atom is 0.361 e. The van der Waals surface area contributed by atoms with Crippen LogP contribution >= 0.6 is 11.5 Å². The van der Waals surface area contributed by atoms with Crippen LogP contribution in [0.3, 0.4) is 0 Å². The Bertz CT molecular complexity index is 387. The van der Waals surface area contributed by atoms with E-state index in [0.29, 0.717) is 6.41 Å². The predicted octanol–water partition coefficient (Wildman–Crippen LogP) is -0.631. The van der Waals surface area contributed by atoms with E-state index in [1.54, 1.807) is 0 Å². The van der Waals surface area contributed by atoms with Crippen LogP contribution < -0.4 is 5.32 Å². The summed E-state index contributed by atoms with van der Waals surface area (Å²) in [5, 5.41) is 21.7. The lowest BCUT2D eigenvalue weighted by Gasteiger charge is -1.90. The molecule has 0 saturated heterocycles. The first-order chi connectivity index (χ1) is 6.69. The summed E-state index contributed by atoms with van der Waals surface area (Å²) < 4.78 is 3.56. The highest BCUT2D eigenvalue weighted by Crippen LogP contribution is 2.10. The molecule has 0 fully saturated rings. The van der Waals surface area contributed by atoms with Crippen molar-refractivity contribution in [2.24, 2.45) is 5.16 Å². The quantitative estimate of drug-likeness (QED) is 0.266. The number of carboxylic acid groups (broad SMARTS) is 1. The number of amides is 1. The molecular formula is C5H4N4O4S. The number of aliphatic carboxylic acids is 1. The van der Waals surface area contributed by atoms with Crippen molar-refractivity contribution in [3.8, 4) is 0 Å². The number of aromatic nitrogens is 2.